The molecule has 1 amide bonds. The monoisotopic (exact) mass is 565 g/mol. The summed E-state index contributed by atoms with van der Waals surface area (Å²) in [5.74, 6) is 0.546. The van der Waals surface area contributed by atoms with Crippen LogP contribution in [-0.4, -0.2) is 21.6 Å². The Bertz CT molecular complexity index is 862. The van der Waals surface area contributed by atoms with Gasteiger partial charge in [-0.3, -0.25) is 4.79 Å². The predicted octanol–water partition coefficient (Wildman–Crippen LogP) is 2.24. The molecule has 0 atom stereocenters. The van der Waals surface area contributed by atoms with E-state index in [-0.39, 0.29) is 33.3 Å². The molecule has 0 saturated carbocycles. The van der Waals surface area contributed by atoms with Gasteiger partial charge in [0.1, 0.15) is 0 Å². The zero-order valence-corrected chi connectivity index (χ0v) is 19.5. The van der Waals surface area contributed by atoms with Crippen LogP contribution >= 0.6 is 23.1 Å². The molecule has 0 aliphatic rings. The maximum Gasteiger partial charge on any atom is 0.189 e. The number of hydrogen-bond donors (Lipinski definition) is 2. The van der Waals surface area contributed by atoms with E-state index in [1.165, 1.54) is 23.1 Å². The summed E-state index contributed by atoms with van der Waals surface area (Å²) in [6.07, 6.45) is 6.67. The number of anilines is 1. The molecule has 143 valence electrons. The molecule has 9 heteroatoms. The first-order chi connectivity index (χ1) is 11.7. The topological polar surface area (TPSA) is 87.7 Å². The van der Waals surface area contributed by atoms with Crippen LogP contribution in [0.4, 0.5) is 5.13 Å². The van der Waals surface area contributed by atoms with Crippen LogP contribution in [0, 0.1) is 7.43 Å². The van der Waals surface area contributed by atoms with Crippen molar-refractivity contribution in [3.05, 3.63) is 52.6 Å². The van der Waals surface area contributed by atoms with E-state index in [9.17, 15) is 9.59 Å². The summed E-state index contributed by atoms with van der Waals surface area (Å²) in [4.78, 5) is 25.5. The molecule has 2 aromatic rings. The van der Waals surface area contributed by atoms with Crippen LogP contribution in [0.15, 0.2) is 27.9 Å². The number of thioether (sulfide) groups is 1. The molecule has 2 heterocycles. The van der Waals surface area contributed by atoms with Crippen molar-refractivity contribution in [2.24, 2.45) is 0 Å². The Balaban J connectivity index is 0. The van der Waals surface area contributed by atoms with Crippen LogP contribution in [0.2, 0.25) is 0 Å². The van der Waals surface area contributed by atoms with Crippen LogP contribution in [0.25, 0.3) is 12.2 Å². The number of allylic oxidation sites excluding steroid dienone is 1. The second-order valence-electron chi connectivity index (χ2n) is 4.07. The number of rotatable bonds is 6. The predicted molar refractivity (Wildman–Crippen MR) is 108 cm³/mol. The normalized spacial score (nSPS) is 10.7. The largest absolute Gasteiger partial charge is 0.466 e. The van der Waals surface area contributed by atoms with E-state index >= 15 is 0 Å². The molecule has 0 aliphatic carbocycles. The molecule has 0 bridgehead atoms. The van der Waals surface area contributed by atoms with Gasteiger partial charge in [0.15, 0.2) is 9.77 Å². The Labute approximate surface area is 175 Å². The van der Waals surface area contributed by atoms with Crippen molar-refractivity contribution in [1.82, 2.24) is 15.2 Å². The molecule has 0 fully saturated rings. The minimum absolute atomic E-state index is 0. The number of aromatic nitrogens is 3. The standard InChI is InChI=1S/C14H13N4O2S2.C2H6.CH3.Re/c1-3-5-10-11(4-2)16-9(6-12(10)20)7-21-14-18-17-13(22-14)15-8-19;1-2;;/h3-6,16H,1,7H2,2H3,(H,15,17,19);1-2H3;1H3;/q-1;;-1;/b10-5+,11-4+;;;. The minimum Gasteiger partial charge on any atom is -0.466 e. The maximum absolute atomic E-state index is 12.1. The van der Waals surface area contributed by atoms with Crippen molar-refractivity contribution in [1.29, 1.82) is 0 Å². The zero-order chi connectivity index (χ0) is 17.9. The van der Waals surface area contributed by atoms with Crippen molar-refractivity contribution < 1.29 is 25.2 Å². The number of hydrogen-bond acceptors (Lipinski definition) is 6. The number of carbonyl (C=O) groups excluding carboxylic acids is 1. The first kappa shape index (κ1) is 26.7. The van der Waals surface area contributed by atoms with Gasteiger partial charge in [0, 0.05) is 48.5 Å². The number of nitrogens with zero attached hydrogens (tertiary/aromatic N) is 2. The molecular formula is C17H22N4O2ReS2-2. The number of nitrogens with one attached hydrogen (secondary N) is 2. The van der Waals surface area contributed by atoms with Crippen molar-refractivity contribution in [3.63, 3.8) is 0 Å². The smallest absolute Gasteiger partial charge is 0.189 e. The molecule has 0 aromatic carbocycles. The van der Waals surface area contributed by atoms with Crippen LogP contribution in [0.1, 0.15) is 26.5 Å². The Hall–Kier alpha value is -1.53. The molecule has 2 N–H and O–H groups in total. The Kier molecular flexibility index (Phi) is 15.0. The Morgan fingerprint density at radius 1 is 1.42 bits per heavy atom. The number of H-pyrrole nitrogens is 1. The summed E-state index contributed by atoms with van der Waals surface area (Å²) in [6, 6.07) is 1.56. The van der Waals surface area contributed by atoms with E-state index in [1.54, 1.807) is 24.6 Å². The fourth-order valence-corrected chi connectivity index (χ4v) is 3.35. The summed E-state index contributed by atoms with van der Waals surface area (Å²) in [7, 11) is 0. The van der Waals surface area contributed by atoms with Gasteiger partial charge < -0.3 is 22.5 Å². The van der Waals surface area contributed by atoms with Gasteiger partial charge in [-0.2, -0.15) is 16.4 Å². The summed E-state index contributed by atoms with van der Waals surface area (Å²) in [5, 5.41) is 11.8. The fourth-order valence-electron chi connectivity index (χ4n) is 1.74. The van der Waals surface area contributed by atoms with E-state index < -0.39 is 0 Å². The summed E-state index contributed by atoms with van der Waals surface area (Å²) in [6.45, 7) is 9.48. The Morgan fingerprint density at radius 2 is 2.12 bits per heavy atom. The van der Waals surface area contributed by atoms with E-state index in [1.807, 2.05) is 26.8 Å². The van der Waals surface area contributed by atoms with E-state index in [0.717, 1.165) is 11.0 Å². The molecule has 2 aromatic heterocycles. The third kappa shape index (κ3) is 7.79. The summed E-state index contributed by atoms with van der Waals surface area (Å²) < 4.78 is 0.697. The van der Waals surface area contributed by atoms with Gasteiger partial charge in [-0.15, -0.1) is 0 Å². The first-order valence-corrected chi connectivity index (χ1v) is 9.09. The van der Waals surface area contributed by atoms with Gasteiger partial charge in [-0.05, 0) is 13.0 Å². The van der Waals surface area contributed by atoms with Crippen LogP contribution in [-0.2, 0) is 31.0 Å². The van der Waals surface area contributed by atoms with Crippen LogP contribution in [0.3, 0.4) is 0 Å². The van der Waals surface area contributed by atoms with Gasteiger partial charge in [-0.1, -0.05) is 44.3 Å². The molecule has 2 rings (SSSR count). The maximum atomic E-state index is 12.1. The van der Waals surface area contributed by atoms with Gasteiger partial charge in [0.25, 0.3) is 0 Å². The molecular weight excluding hydrogens is 543 g/mol. The van der Waals surface area contributed by atoms with E-state index in [2.05, 4.69) is 27.1 Å². The van der Waals surface area contributed by atoms with Gasteiger partial charge in [-0.25, -0.2) is 5.10 Å². The van der Waals surface area contributed by atoms with Crippen LogP contribution < -0.4 is 21.3 Å². The van der Waals surface area contributed by atoms with Gasteiger partial charge in [0.2, 0.25) is 0 Å². The summed E-state index contributed by atoms with van der Waals surface area (Å²) in [5.41, 5.74) is 0.730. The van der Waals surface area contributed by atoms with Crippen LogP contribution in [0.5, 0.6) is 0 Å². The average Bonchev–Trinajstić information content (AvgIpc) is 3.05. The molecule has 0 aliphatic heterocycles. The second kappa shape index (κ2) is 14.6. The average molecular weight is 565 g/mol. The van der Waals surface area contributed by atoms with E-state index in [0.29, 0.717) is 20.4 Å². The third-order valence-corrected chi connectivity index (χ3v) is 4.67. The quantitative estimate of drug-likeness (QED) is 0.243. The molecule has 0 spiro atoms. The molecule has 0 unspecified atom stereocenters. The molecule has 0 saturated heterocycles. The van der Waals surface area contributed by atoms with Crippen molar-refractivity contribution in [3.8, 4) is 0 Å². The molecule has 6 nitrogen and oxygen atoms in total. The molecule has 26 heavy (non-hydrogen) atoms. The molecule has 1 radical (unpaired) electrons. The van der Waals surface area contributed by atoms with Crippen molar-refractivity contribution >= 4 is 46.8 Å². The first-order valence-electron chi connectivity index (χ1n) is 7.28. The number of aromatic amines is 1. The minimum atomic E-state index is -0.0578. The zero-order valence-electron chi connectivity index (χ0n) is 15.1. The second-order valence-corrected chi connectivity index (χ2v) is 6.27. The van der Waals surface area contributed by atoms with Crippen molar-refractivity contribution in [2.75, 3.05) is 5.32 Å². The van der Waals surface area contributed by atoms with E-state index in [4.69, 9.17) is 0 Å². The van der Waals surface area contributed by atoms with Gasteiger partial charge in [0.05, 0.1) is 11.5 Å². The SMILES string of the molecule is C=C/C=c1/c(=O)cc(CSc2nnc(N[C-]=O)s2)[nH]/c1=C/C.CC.[CH3-].[Re]. The number of amides is 1. The summed E-state index contributed by atoms with van der Waals surface area (Å²) >= 11 is 2.68. The third-order valence-electron chi connectivity index (χ3n) is 2.64. The fraction of sp³-hybridized carbons (Fsp3) is 0.235. The van der Waals surface area contributed by atoms with Gasteiger partial charge >= 0.3 is 0 Å². The number of pyridine rings is 1. The Morgan fingerprint density at radius 3 is 2.69 bits per heavy atom. The van der Waals surface area contributed by atoms with Crippen molar-refractivity contribution in [2.45, 2.75) is 30.9 Å².